The highest BCUT2D eigenvalue weighted by atomic mass is 32.2. The Hall–Kier alpha value is -0.940. The van der Waals surface area contributed by atoms with Crippen molar-refractivity contribution in [3.8, 4) is 10.4 Å². The fraction of sp³-hybridized carbons (Fsp3) is 0.0909. The van der Waals surface area contributed by atoms with Crippen LogP contribution in [0.15, 0.2) is 46.7 Å². The lowest BCUT2D eigenvalue weighted by Gasteiger charge is -2.06. The molecule has 0 radical (unpaired) electrons. The predicted octanol–water partition coefficient (Wildman–Crippen LogP) is 5.03. The molecule has 16 heavy (non-hydrogen) atoms. The highest BCUT2D eigenvalue weighted by Crippen LogP contribution is 2.38. The minimum atomic E-state index is -4.23. The van der Waals surface area contributed by atoms with Crippen LogP contribution in [0.3, 0.4) is 0 Å². The number of thiophene rings is 1. The molecule has 1 heterocycles. The summed E-state index contributed by atoms with van der Waals surface area (Å²) in [7, 11) is 0. The molecule has 5 heteroatoms. The van der Waals surface area contributed by atoms with Gasteiger partial charge in [0.25, 0.3) is 0 Å². The van der Waals surface area contributed by atoms with E-state index in [1.165, 1.54) is 17.4 Å². The standard InChI is InChI=1S/C11H7F3S2/c12-11(13,14)16-9-4-1-3-8(7-9)10-5-2-6-15-10/h1-7H. The van der Waals surface area contributed by atoms with Crippen LogP contribution in [0.2, 0.25) is 0 Å². The third-order valence-electron chi connectivity index (χ3n) is 1.87. The summed E-state index contributed by atoms with van der Waals surface area (Å²) in [6.45, 7) is 0. The van der Waals surface area contributed by atoms with E-state index in [1.54, 1.807) is 12.1 Å². The van der Waals surface area contributed by atoms with E-state index in [2.05, 4.69) is 0 Å². The Morgan fingerprint density at radius 1 is 1.06 bits per heavy atom. The predicted molar refractivity (Wildman–Crippen MR) is 61.7 cm³/mol. The van der Waals surface area contributed by atoms with Crippen molar-refractivity contribution in [2.24, 2.45) is 0 Å². The van der Waals surface area contributed by atoms with E-state index in [1.807, 2.05) is 23.6 Å². The highest BCUT2D eigenvalue weighted by molar-refractivity contribution is 8.00. The van der Waals surface area contributed by atoms with Crippen molar-refractivity contribution in [3.05, 3.63) is 41.8 Å². The summed E-state index contributed by atoms with van der Waals surface area (Å²) >= 11 is 1.43. The van der Waals surface area contributed by atoms with Crippen molar-refractivity contribution in [2.45, 2.75) is 10.4 Å². The molecule has 1 aromatic heterocycles. The topological polar surface area (TPSA) is 0 Å². The summed E-state index contributed by atoms with van der Waals surface area (Å²) in [4.78, 5) is 1.20. The van der Waals surface area contributed by atoms with Crippen LogP contribution in [0.25, 0.3) is 10.4 Å². The van der Waals surface area contributed by atoms with Gasteiger partial charge in [-0.3, -0.25) is 0 Å². The van der Waals surface area contributed by atoms with Crippen LogP contribution in [-0.4, -0.2) is 5.51 Å². The maximum Gasteiger partial charge on any atom is 0.446 e. The lowest BCUT2D eigenvalue weighted by molar-refractivity contribution is -0.0328. The first-order valence-corrected chi connectivity index (χ1v) is 6.14. The largest absolute Gasteiger partial charge is 0.446 e. The Bertz CT molecular complexity index is 460. The third-order valence-corrected chi connectivity index (χ3v) is 3.51. The van der Waals surface area contributed by atoms with Gasteiger partial charge in [0.2, 0.25) is 0 Å². The van der Waals surface area contributed by atoms with Crippen LogP contribution < -0.4 is 0 Å². The van der Waals surface area contributed by atoms with Gasteiger partial charge in [-0.1, -0.05) is 18.2 Å². The fourth-order valence-corrected chi connectivity index (χ4v) is 2.61. The molecule has 0 aliphatic carbocycles. The van der Waals surface area contributed by atoms with Crippen molar-refractivity contribution in [1.82, 2.24) is 0 Å². The van der Waals surface area contributed by atoms with E-state index in [9.17, 15) is 13.2 Å². The second kappa shape index (κ2) is 4.51. The van der Waals surface area contributed by atoms with Crippen LogP contribution >= 0.6 is 23.1 Å². The third kappa shape index (κ3) is 3.02. The van der Waals surface area contributed by atoms with Crippen molar-refractivity contribution in [1.29, 1.82) is 0 Å². The van der Waals surface area contributed by atoms with Gasteiger partial charge < -0.3 is 0 Å². The molecule has 0 bridgehead atoms. The monoisotopic (exact) mass is 260 g/mol. The van der Waals surface area contributed by atoms with Gasteiger partial charge in [0.1, 0.15) is 0 Å². The van der Waals surface area contributed by atoms with E-state index < -0.39 is 5.51 Å². The van der Waals surface area contributed by atoms with Crippen LogP contribution in [0.1, 0.15) is 0 Å². The summed E-state index contributed by atoms with van der Waals surface area (Å²) in [6.07, 6.45) is 0. The number of thioether (sulfide) groups is 1. The molecule has 0 aliphatic rings. The summed E-state index contributed by atoms with van der Waals surface area (Å²) in [5.41, 5.74) is -3.40. The Morgan fingerprint density at radius 2 is 1.88 bits per heavy atom. The molecular weight excluding hydrogens is 253 g/mol. The number of alkyl halides is 3. The van der Waals surface area contributed by atoms with Gasteiger partial charge in [0, 0.05) is 9.77 Å². The molecule has 84 valence electrons. The Kier molecular flexibility index (Phi) is 3.25. The van der Waals surface area contributed by atoms with Crippen LogP contribution in [0.4, 0.5) is 13.2 Å². The Labute approximate surface area is 99.1 Å². The summed E-state index contributed by atoms with van der Waals surface area (Å²) < 4.78 is 36.5. The normalized spacial score (nSPS) is 11.7. The number of benzene rings is 1. The lowest BCUT2D eigenvalue weighted by atomic mass is 10.2. The van der Waals surface area contributed by atoms with E-state index in [-0.39, 0.29) is 16.7 Å². The van der Waals surface area contributed by atoms with Gasteiger partial charge in [-0.05, 0) is 40.9 Å². The number of rotatable bonds is 2. The summed E-state index contributed by atoms with van der Waals surface area (Å²) in [5.74, 6) is 0. The molecule has 0 spiro atoms. The van der Waals surface area contributed by atoms with Crippen LogP contribution in [-0.2, 0) is 0 Å². The number of hydrogen-bond donors (Lipinski definition) is 0. The second-order valence-electron chi connectivity index (χ2n) is 3.05. The van der Waals surface area contributed by atoms with Gasteiger partial charge in [0.05, 0.1) is 0 Å². The Balaban J connectivity index is 2.27. The smallest absolute Gasteiger partial charge is 0.160 e. The van der Waals surface area contributed by atoms with E-state index in [4.69, 9.17) is 0 Å². The van der Waals surface area contributed by atoms with Crippen LogP contribution in [0, 0.1) is 0 Å². The lowest BCUT2D eigenvalue weighted by Crippen LogP contribution is -1.98. The molecule has 2 rings (SSSR count). The van der Waals surface area contributed by atoms with Crippen molar-refractivity contribution in [2.75, 3.05) is 0 Å². The van der Waals surface area contributed by atoms with Crippen molar-refractivity contribution >= 4 is 23.1 Å². The molecule has 0 atom stereocenters. The van der Waals surface area contributed by atoms with Gasteiger partial charge >= 0.3 is 5.51 Å². The Morgan fingerprint density at radius 3 is 2.50 bits per heavy atom. The molecule has 2 aromatic rings. The van der Waals surface area contributed by atoms with E-state index in [0.29, 0.717) is 0 Å². The molecule has 0 saturated carbocycles. The second-order valence-corrected chi connectivity index (χ2v) is 5.14. The minimum absolute atomic E-state index is 0.0832. The first-order chi connectivity index (χ1) is 7.54. The zero-order valence-corrected chi connectivity index (χ0v) is 9.62. The van der Waals surface area contributed by atoms with E-state index in [0.717, 1.165) is 10.4 Å². The average Bonchev–Trinajstić information content (AvgIpc) is 2.68. The molecule has 0 unspecified atom stereocenters. The maximum absolute atomic E-state index is 12.2. The van der Waals surface area contributed by atoms with Gasteiger partial charge in [-0.2, -0.15) is 13.2 Å². The van der Waals surface area contributed by atoms with Crippen LogP contribution in [0.5, 0.6) is 0 Å². The molecule has 0 nitrogen and oxygen atoms in total. The first-order valence-electron chi connectivity index (χ1n) is 4.44. The molecule has 0 saturated heterocycles. The average molecular weight is 260 g/mol. The van der Waals surface area contributed by atoms with Crippen molar-refractivity contribution < 1.29 is 13.2 Å². The maximum atomic E-state index is 12.2. The molecule has 0 amide bonds. The van der Waals surface area contributed by atoms with E-state index >= 15 is 0 Å². The SMILES string of the molecule is FC(F)(F)Sc1cccc(-c2cccs2)c1. The number of halogens is 3. The summed E-state index contributed by atoms with van der Waals surface area (Å²) in [5, 5.41) is 1.90. The van der Waals surface area contributed by atoms with Gasteiger partial charge in [0.15, 0.2) is 0 Å². The fourth-order valence-electron chi connectivity index (χ4n) is 1.29. The van der Waals surface area contributed by atoms with Crippen molar-refractivity contribution in [3.63, 3.8) is 0 Å². The molecule has 0 aliphatic heterocycles. The summed E-state index contributed by atoms with van der Waals surface area (Å²) in [6, 6.07) is 10.3. The molecule has 1 aromatic carbocycles. The van der Waals surface area contributed by atoms with Gasteiger partial charge in [-0.25, -0.2) is 0 Å². The molecular formula is C11H7F3S2. The highest BCUT2D eigenvalue weighted by Gasteiger charge is 2.29. The molecule has 0 fully saturated rings. The first kappa shape index (κ1) is 11.5. The quantitative estimate of drug-likeness (QED) is 0.683. The minimum Gasteiger partial charge on any atom is -0.160 e. The van der Waals surface area contributed by atoms with Gasteiger partial charge in [-0.15, -0.1) is 11.3 Å². The molecule has 0 N–H and O–H groups in total. The zero-order chi connectivity index (χ0) is 11.6. The number of hydrogen-bond acceptors (Lipinski definition) is 2. The zero-order valence-electron chi connectivity index (χ0n) is 7.99.